The predicted molar refractivity (Wildman–Crippen MR) is 90.9 cm³/mol. The van der Waals surface area contributed by atoms with Crippen LogP contribution in [0.4, 0.5) is 5.69 Å². The van der Waals surface area contributed by atoms with E-state index in [4.69, 9.17) is 0 Å². The van der Waals surface area contributed by atoms with E-state index in [0.29, 0.717) is 12.5 Å². The average Bonchev–Trinajstić information content (AvgIpc) is 2.93. The number of thioether (sulfide) groups is 1. The molecule has 1 aliphatic carbocycles. The highest BCUT2D eigenvalue weighted by atomic mass is 32.2. The molecule has 4 heteroatoms. The lowest BCUT2D eigenvalue weighted by molar-refractivity contribution is -0.116. The molecule has 0 radical (unpaired) electrons. The number of amides is 1. The van der Waals surface area contributed by atoms with Gasteiger partial charge in [0.1, 0.15) is 0 Å². The molecule has 0 aromatic heterocycles. The summed E-state index contributed by atoms with van der Waals surface area (Å²) in [4.78, 5) is 13.1. The molecule has 3 nitrogen and oxygen atoms in total. The fourth-order valence-electron chi connectivity index (χ4n) is 2.51. The van der Waals surface area contributed by atoms with E-state index in [2.05, 4.69) is 36.6 Å². The van der Waals surface area contributed by atoms with Gasteiger partial charge in [-0.2, -0.15) is 0 Å². The van der Waals surface area contributed by atoms with Gasteiger partial charge in [0.25, 0.3) is 0 Å². The summed E-state index contributed by atoms with van der Waals surface area (Å²) < 4.78 is 0. The number of nitrogens with one attached hydrogen (secondary N) is 2. The zero-order valence-corrected chi connectivity index (χ0v) is 13.8. The van der Waals surface area contributed by atoms with Gasteiger partial charge < -0.3 is 10.6 Å². The van der Waals surface area contributed by atoms with Gasteiger partial charge >= 0.3 is 0 Å². The fraction of sp³-hybridized carbons (Fsp3) is 0.588. The Morgan fingerprint density at radius 3 is 2.52 bits per heavy atom. The molecule has 2 rings (SSSR count). The van der Waals surface area contributed by atoms with Gasteiger partial charge in [-0.3, -0.25) is 4.79 Å². The lowest BCUT2D eigenvalue weighted by Gasteiger charge is -2.10. The van der Waals surface area contributed by atoms with Crippen LogP contribution in [0.3, 0.4) is 0 Å². The van der Waals surface area contributed by atoms with Crippen LogP contribution in [0.15, 0.2) is 29.2 Å². The van der Waals surface area contributed by atoms with Gasteiger partial charge in [0.15, 0.2) is 0 Å². The third kappa shape index (κ3) is 6.10. The van der Waals surface area contributed by atoms with Gasteiger partial charge in [-0.05, 0) is 37.1 Å². The number of benzene rings is 1. The van der Waals surface area contributed by atoms with E-state index in [1.807, 2.05) is 23.9 Å². The minimum absolute atomic E-state index is 0.0688. The summed E-state index contributed by atoms with van der Waals surface area (Å²) in [7, 11) is 0. The molecule has 0 bridgehead atoms. The second-order valence-corrected chi connectivity index (χ2v) is 7.33. The quantitative estimate of drug-likeness (QED) is 0.798. The molecule has 0 spiro atoms. The maximum absolute atomic E-state index is 11.8. The first-order valence-corrected chi connectivity index (χ1v) is 8.81. The van der Waals surface area contributed by atoms with Crippen molar-refractivity contribution in [2.75, 3.05) is 11.9 Å². The smallest absolute Gasteiger partial charge is 0.225 e. The van der Waals surface area contributed by atoms with Crippen LogP contribution in [0.1, 0.15) is 46.0 Å². The second kappa shape index (κ2) is 8.44. The molecule has 21 heavy (non-hydrogen) atoms. The van der Waals surface area contributed by atoms with Gasteiger partial charge in [-0.1, -0.05) is 26.7 Å². The van der Waals surface area contributed by atoms with Crippen molar-refractivity contribution in [2.24, 2.45) is 0 Å². The maximum atomic E-state index is 11.8. The van der Waals surface area contributed by atoms with Gasteiger partial charge in [-0.25, -0.2) is 0 Å². The van der Waals surface area contributed by atoms with Crippen molar-refractivity contribution in [3.8, 4) is 0 Å². The number of anilines is 1. The summed E-state index contributed by atoms with van der Waals surface area (Å²) in [6.45, 7) is 4.89. The van der Waals surface area contributed by atoms with E-state index < -0.39 is 0 Å². The highest BCUT2D eigenvalue weighted by molar-refractivity contribution is 8.00. The molecule has 1 saturated carbocycles. The third-order valence-corrected chi connectivity index (χ3v) is 5.00. The summed E-state index contributed by atoms with van der Waals surface area (Å²) in [5.74, 6) is 0.0688. The van der Waals surface area contributed by atoms with Crippen LogP contribution in [0, 0.1) is 0 Å². The molecule has 116 valence electrons. The van der Waals surface area contributed by atoms with E-state index in [0.717, 1.165) is 17.5 Å². The van der Waals surface area contributed by atoms with Crippen LogP contribution in [-0.2, 0) is 4.79 Å². The van der Waals surface area contributed by atoms with E-state index >= 15 is 0 Å². The number of carbonyl (C=O) groups excluding carboxylic acids is 1. The number of hydrogen-bond donors (Lipinski definition) is 2. The predicted octanol–water partition coefficient (Wildman–Crippen LogP) is 4.05. The highest BCUT2D eigenvalue weighted by Gasteiger charge is 2.15. The maximum Gasteiger partial charge on any atom is 0.225 e. The summed E-state index contributed by atoms with van der Waals surface area (Å²) in [6.07, 6.45) is 5.93. The fourth-order valence-corrected chi connectivity index (χ4v) is 3.76. The van der Waals surface area contributed by atoms with Crippen LogP contribution >= 0.6 is 11.8 Å². The van der Waals surface area contributed by atoms with Crippen molar-refractivity contribution in [3.05, 3.63) is 24.3 Å². The van der Waals surface area contributed by atoms with Crippen LogP contribution in [0.5, 0.6) is 0 Å². The van der Waals surface area contributed by atoms with Gasteiger partial charge in [-0.15, -0.1) is 11.8 Å². The molecular weight excluding hydrogens is 280 g/mol. The number of carbonyl (C=O) groups is 1. The zero-order chi connectivity index (χ0) is 15.1. The summed E-state index contributed by atoms with van der Waals surface area (Å²) in [5.41, 5.74) is 0.889. The van der Waals surface area contributed by atoms with E-state index in [-0.39, 0.29) is 5.91 Å². The topological polar surface area (TPSA) is 41.1 Å². The van der Waals surface area contributed by atoms with Crippen molar-refractivity contribution in [3.63, 3.8) is 0 Å². The highest BCUT2D eigenvalue weighted by Crippen LogP contribution is 2.34. The Morgan fingerprint density at radius 1 is 1.24 bits per heavy atom. The molecule has 1 fully saturated rings. The number of rotatable bonds is 7. The molecule has 1 aliphatic rings. The third-order valence-electron chi connectivity index (χ3n) is 3.65. The molecule has 1 amide bonds. The van der Waals surface area contributed by atoms with Crippen molar-refractivity contribution >= 4 is 23.4 Å². The van der Waals surface area contributed by atoms with Crippen LogP contribution in [0.25, 0.3) is 0 Å². The SMILES string of the molecule is CC(C)NCCC(=O)Nc1ccc(SC2CCCC2)cc1. The molecule has 0 saturated heterocycles. The normalized spacial score (nSPS) is 15.6. The first-order valence-electron chi connectivity index (χ1n) is 7.93. The summed E-state index contributed by atoms with van der Waals surface area (Å²) in [6, 6.07) is 8.66. The molecule has 0 heterocycles. The molecular formula is C17H26N2OS. The van der Waals surface area contributed by atoms with Crippen molar-refractivity contribution in [1.29, 1.82) is 0 Å². The molecule has 0 aliphatic heterocycles. The Kier molecular flexibility index (Phi) is 6.58. The Bertz CT molecular complexity index is 439. The minimum Gasteiger partial charge on any atom is -0.326 e. The molecule has 0 atom stereocenters. The van der Waals surface area contributed by atoms with Crippen LogP contribution < -0.4 is 10.6 Å². The van der Waals surface area contributed by atoms with Crippen molar-refractivity contribution in [1.82, 2.24) is 5.32 Å². The van der Waals surface area contributed by atoms with Crippen molar-refractivity contribution < 1.29 is 4.79 Å². The monoisotopic (exact) mass is 306 g/mol. The summed E-state index contributed by atoms with van der Waals surface area (Å²) in [5, 5.41) is 6.98. The standard InChI is InChI=1S/C17H26N2OS/c1-13(2)18-12-11-17(20)19-14-7-9-16(10-8-14)21-15-5-3-4-6-15/h7-10,13,15,18H,3-6,11-12H2,1-2H3,(H,19,20). The van der Waals surface area contributed by atoms with Gasteiger partial charge in [0.2, 0.25) is 5.91 Å². The molecule has 1 aromatic rings. The molecule has 2 N–H and O–H groups in total. The van der Waals surface area contributed by atoms with Gasteiger partial charge in [0.05, 0.1) is 0 Å². The summed E-state index contributed by atoms with van der Waals surface area (Å²) >= 11 is 1.97. The second-order valence-electron chi connectivity index (χ2n) is 5.96. The first kappa shape index (κ1) is 16.4. The zero-order valence-electron chi connectivity index (χ0n) is 13.0. The van der Waals surface area contributed by atoms with Crippen molar-refractivity contribution in [2.45, 2.75) is 62.1 Å². The molecule has 1 aromatic carbocycles. The lowest BCUT2D eigenvalue weighted by Crippen LogP contribution is -2.27. The van der Waals surface area contributed by atoms with Crippen LogP contribution in [-0.4, -0.2) is 23.7 Å². The molecule has 0 unspecified atom stereocenters. The van der Waals surface area contributed by atoms with Gasteiger partial charge in [0, 0.05) is 34.8 Å². The Labute approximate surface area is 132 Å². The van der Waals surface area contributed by atoms with E-state index in [1.54, 1.807) is 0 Å². The lowest BCUT2D eigenvalue weighted by atomic mass is 10.3. The Balaban J connectivity index is 1.74. The number of hydrogen-bond acceptors (Lipinski definition) is 3. The van der Waals surface area contributed by atoms with E-state index in [1.165, 1.54) is 30.6 Å². The first-order chi connectivity index (χ1) is 10.1. The minimum atomic E-state index is 0.0688. The average molecular weight is 306 g/mol. The largest absolute Gasteiger partial charge is 0.326 e. The van der Waals surface area contributed by atoms with E-state index in [9.17, 15) is 4.79 Å². The Hall–Kier alpha value is -1.00. The van der Waals surface area contributed by atoms with Crippen LogP contribution in [0.2, 0.25) is 0 Å². The Morgan fingerprint density at radius 2 is 1.90 bits per heavy atom.